The van der Waals surface area contributed by atoms with Crippen molar-refractivity contribution in [3.05, 3.63) is 87.8 Å². The van der Waals surface area contributed by atoms with Gasteiger partial charge in [0.05, 0.1) is 18.1 Å². The van der Waals surface area contributed by atoms with Gasteiger partial charge in [-0.15, -0.1) is 0 Å². The highest BCUT2D eigenvalue weighted by Crippen LogP contribution is 2.16. The lowest BCUT2D eigenvalue weighted by Gasteiger charge is -2.07. The summed E-state index contributed by atoms with van der Waals surface area (Å²) in [6.45, 7) is 0. The van der Waals surface area contributed by atoms with E-state index in [1.807, 2.05) is 48.5 Å². The van der Waals surface area contributed by atoms with Gasteiger partial charge in [0.2, 0.25) is 0 Å². The molecule has 0 saturated carbocycles. The number of hydrogen-bond acceptors (Lipinski definition) is 4. The van der Waals surface area contributed by atoms with Gasteiger partial charge in [-0.3, -0.25) is 10.2 Å². The average Bonchev–Trinajstić information content (AvgIpc) is 2.60. The standard InChI is InChI=1S/C17H13ClN4O/c18-16-15(21-19-11-13-7-3-1-4-8-13)12-20-22(17(16)23)14-9-5-2-6-10-14/h1-12,21H/b19-11-. The number of hydrogen-bond donors (Lipinski definition) is 1. The Morgan fingerprint density at radius 3 is 2.39 bits per heavy atom. The summed E-state index contributed by atoms with van der Waals surface area (Å²) in [6, 6.07) is 18.7. The third kappa shape index (κ3) is 3.46. The Bertz CT molecular complexity index is 876. The van der Waals surface area contributed by atoms with Crippen molar-refractivity contribution in [2.45, 2.75) is 0 Å². The van der Waals surface area contributed by atoms with E-state index < -0.39 is 5.56 Å². The van der Waals surface area contributed by atoms with Crippen LogP contribution in [0.25, 0.3) is 5.69 Å². The van der Waals surface area contributed by atoms with E-state index in [1.165, 1.54) is 10.9 Å². The third-order valence-corrected chi connectivity index (χ3v) is 3.48. The van der Waals surface area contributed by atoms with Crippen molar-refractivity contribution in [2.75, 3.05) is 5.43 Å². The van der Waals surface area contributed by atoms with E-state index in [4.69, 9.17) is 11.6 Å². The molecule has 2 aromatic carbocycles. The molecule has 0 atom stereocenters. The van der Waals surface area contributed by atoms with Crippen LogP contribution in [0.15, 0.2) is 76.8 Å². The molecule has 3 rings (SSSR count). The van der Waals surface area contributed by atoms with Crippen molar-refractivity contribution in [2.24, 2.45) is 5.10 Å². The SMILES string of the molecule is O=c1c(Cl)c(N/N=C\c2ccccc2)cnn1-c1ccccc1. The number of hydrazone groups is 1. The second-order valence-electron chi connectivity index (χ2n) is 4.71. The Kier molecular flexibility index (Phi) is 4.49. The van der Waals surface area contributed by atoms with E-state index >= 15 is 0 Å². The Morgan fingerprint density at radius 2 is 1.70 bits per heavy atom. The van der Waals surface area contributed by atoms with Crippen molar-refractivity contribution >= 4 is 23.5 Å². The van der Waals surface area contributed by atoms with E-state index in [0.717, 1.165) is 5.56 Å². The summed E-state index contributed by atoms with van der Waals surface area (Å²) >= 11 is 6.12. The summed E-state index contributed by atoms with van der Waals surface area (Å²) in [5.74, 6) is 0. The largest absolute Gasteiger partial charge is 0.292 e. The quantitative estimate of drug-likeness (QED) is 0.591. The summed E-state index contributed by atoms with van der Waals surface area (Å²) in [5, 5.41) is 8.22. The van der Waals surface area contributed by atoms with E-state index in [2.05, 4.69) is 15.6 Å². The molecule has 1 heterocycles. The van der Waals surface area contributed by atoms with Crippen LogP contribution in [0.1, 0.15) is 5.56 Å². The fourth-order valence-corrected chi connectivity index (χ4v) is 2.15. The predicted molar refractivity (Wildman–Crippen MR) is 92.5 cm³/mol. The van der Waals surface area contributed by atoms with Gasteiger partial charge >= 0.3 is 0 Å². The summed E-state index contributed by atoms with van der Waals surface area (Å²) in [5.41, 5.74) is 4.28. The second kappa shape index (κ2) is 6.89. The van der Waals surface area contributed by atoms with Crippen LogP contribution in [-0.2, 0) is 0 Å². The van der Waals surface area contributed by atoms with Gasteiger partial charge in [-0.25, -0.2) is 0 Å². The number of para-hydroxylation sites is 1. The Balaban J connectivity index is 1.84. The second-order valence-corrected chi connectivity index (χ2v) is 5.08. The Hall–Kier alpha value is -2.92. The number of halogens is 1. The maximum absolute atomic E-state index is 12.3. The fourth-order valence-electron chi connectivity index (χ4n) is 1.98. The van der Waals surface area contributed by atoms with E-state index in [1.54, 1.807) is 18.3 Å². The fraction of sp³-hybridized carbons (Fsp3) is 0. The maximum atomic E-state index is 12.3. The minimum atomic E-state index is -0.405. The number of anilines is 1. The number of rotatable bonds is 4. The summed E-state index contributed by atoms with van der Waals surface area (Å²) < 4.78 is 1.24. The lowest BCUT2D eigenvalue weighted by atomic mass is 10.2. The first kappa shape index (κ1) is 15.0. The van der Waals surface area contributed by atoms with E-state index in [9.17, 15) is 4.79 Å². The molecule has 0 spiro atoms. The van der Waals surface area contributed by atoms with Crippen LogP contribution in [0.2, 0.25) is 5.02 Å². The van der Waals surface area contributed by atoms with Gasteiger partial charge in [-0.05, 0) is 17.7 Å². The molecule has 6 heteroatoms. The number of aromatic nitrogens is 2. The van der Waals surface area contributed by atoms with Crippen LogP contribution < -0.4 is 11.0 Å². The van der Waals surface area contributed by atoms with Crippen molar-refractivity contribution in [3.8, 4) is 5.69 Å². The number of nitrogens with one attached hydrogen (secondary N) is 1. The minimum Gasteiger partial charge on any atom is -0.275 e. The van der Waals surface area contributed by atoms with Crippen molar-refractivity contribution in [3.63, 3.8) is 0 Å². The van der Waals surface area contributed by atoms with Gasteiger partial charge in [0, 0.05) is 0 Å². The topological polar surface area (TPSA) is 59.3 Å². The first-order valence-electron chi connectivity index (χ1n) is 6.93. The van der Waals surface area contributed by atoms with Gasteiger partial charge < -0.3 is 0 Å². The molecule has 23 heavy (non-hydrogen) atoms. The Labute approximate surface area is 137 Å². The maximum Gasteiger partial charge on any atom is 0.292 e. The van der Waals surface area contributed by atoms with Crippen LogP contribution in [-0.4, -0.2) is 16.0 Å². The zero-order valence-electron chi connectivity index (χ0n) is 12.1. The first-order valence-corrected chi connectivity index (χ1v) is 7.31. The Morgan fingerprint density at radius 1 is 1.04 bits per heavy atom. The molecule has 1 aromatic heterocycles. The summed E-state index contributed by atoms with van der Waals surface area (Å²) in [7, 11) is 0. The van der Waals surface area contributed by atoms with Gasteiger partial charge in [-0.1, -0.05) is 60.1 Å². The van der Waals surface area contributed by atoms with Crippen LogP contribution in [0.3, 0.4) is 0 Å². The molecule has 0 bridgehead atoms. The third-order valence-electron chi connectivity index (χ3n) is 3.12. The van der Waals surface area contributed by atoms with Crippen molar-refractivity contribution < 1.29 is 0 Å². The first-order chi connectivity index (χ1) is 11.3. The van der Waals surface area contributed by atoms with Crippen LogP contribution in [0.5, 0.6) is 0 Å². The molecule has 0 aliphatic rings. The summed E-state index contributed by atoms with van der Waals surface area (Å²) in [6.07, 6.45) is 3.11. The molecule has 3 aromatic rings. The lowest BCUT2D eigenvalue weighted by molar-refractivity contribution is 0.808. The minimum absolute atomic E-state index is 0.0362. The molecule has 0 amide bonds. The highest BCUT2D eigenvalue weighted by atomic mass is 35.5. The highest BCUT2D eigenvalue weighted by Gasteiger charge is 2.09. The van der Waals surface area contributed by atoms with E-state index in [0.29, 0.717) is 11.4 Å². The number of nitrogens with zero attached hydrogens (tertiary/aromatic N) is 3. The molecule has 0 unspecified atom stereocenters. The predicted octanol–water partition coefficient (Wildman–Crippen LogP) is 3.33. The van der Waals surface area contributed by atoms with Gasteiger partial charge in [-0.2, -0.15) is 14.9 Å². The average molecular weight is 325 g/mol. The molecule has 0 radical (unpaired) electrons. The molecule has 5 nitrogen and oxygen atoms in total. The van der Waals surface area contributed by atoms with Crippen LogP contribution in [0.4, 0.5) is 5.69 Å². The molecule has 114 valence electrons. The zero-order valence-corrected chi connectivity index (χ0v) is 12.8. The van der Waals surface area contributed by atoms with Gasteiger partial charge in [0.15, 0.2) is 0 Å². The van der Waals surface area contributed by atoms with Crippen molar-refractivity contribution in [1.29, 1.82) is 0 Å². The normalized spacial score (nSPS) is 10.8. The molecular weight excluding hydrogens is 312 g/mol. The molecule has 0 fully saturated rings. The molecular formula is C17H13ClN4O. The smallest absolute Gasteiger partial charge is 0.275 e. The zero-order chi connectivity index (χ0) is 16.1. The lowest BCUT2D eigenvalue weighted by Crippen LogP contribution is -2.22. The molecule has 0 aliphatic carbocycles. The summed E-state index contributed by atoms with van der Waals surface area (Å²) in [4.78, 5) is 12.3. The molecule has 0 saturated heterocycles. The number of benzene rings is 2. The van der Waals surface area contributed by atoms with Crippen molar-refractivity contribution in [1.82, 2.24) is 9.78 Å². The van der Waals surface area contributed by atoms with Gasteiger partial charge in [0.1, 0.15) is 10.7 Å². The van der Waals surface area contributed by atoms with Crippen LogP contribution in [0, 0.1) is 0 Å². The monoisotopic (exact) mass is 324 g/mol. The van der Waals surface area contributed by atoms with E-state index in [-0.39, 0.29) is 5.02 Å². The van der Waals surface area contributed by atoms with Crippen LogP contribution >= 0.6 is 11.6 Å². The molecule has 1 N–H and O–H groups in total. The van der Waals surface area contributed by atoms with Gasteiger partial charge in [0.25, 0.3) is 5.56 Å². The molecule has 0 aliphatic heterocycles. The highest BCUT2D eigenvalue weighted by molar-refractivity contribution is 6.32.